The third-order valence-electron chi connectivity index (χ3n) is 2.09. The van der Waals surface area contributed by atoms with Gasteiger partial charge in [-0.1, -0.05) is 12.1 Å². The van der Waals surface area contributed by atoms with Gasteiger partial charge in [-0.15, -0.1) is 0 Å². The molecule has 1 atom stereocenters. The number of hydrogen-bond donors (Lipinski definition) is 2. The van der Waals surface area contributed by atoms with E-state index in [0.29, 0.717) is 5.75 Å². The summed E-state index contributed by atoms with van der Waals surface area (Å²) >= 11 is 0. The number of carboxylic acids is 1. The first kappa shape index (κ1) is 11.9. The topological polar surface area (TPSA) is 72.5 Å². The van der Waals surface area contributed by atoms with Crippen LogP contribution in [0.3, 0.4) is 0 Å². The molecule has 4 nitrogen and oxygen atoms in total. The van der Waals surface area contributed by atoms with Crippen molar-refractivity contribution >= 4 is 5.97 Å². The Hall–Kier alpha value is -1.55. The van der Waals surface area contributed by atoms with E-state index in [0.717, 1.165) is 5.56 Å². The predicted molar refractivity (Wildman–Crippen MR) is 66.1 cm³/mol. The van der Waals surface area contributed by atoms with Crippen molar-refractivity contribution in [2.24, 2.45) is 5.73 Å². The maximum atomic E-state index is 10.6. The van der Waals surface area contributed by atoms with Crippen molar-refractivity contribution in [3.8, 4) is 5.75 Å². The van der Waals surface area contributed by atoms with Crippen LogP contribution < -0.4 is 10.5 Å². The molecular formula is C13H19NO3. The van der Waals surface area contributed by atoms with E-state index >= 15 is 0 Å². The molecule has 1 aromatic rings. The number of carboxylic acid groups (broad SMARTS) is 1. The summed E-state index contributed by atoms with van der Waals surface area (Å²) in [6.45, 7) is 3.85. The Morgan fingerprint density at radius 3 is 2.59 bits per heavy atom. The fourth-order valence-corrected chi connectivity index (χ4v) is 1.35. The van der Waals surface area contributed by atoms with Crippen LogP contribution >= 0.6 is 0 Å². The fraction of sp³-hybridized carbons (Fsp3) is 0.462. The smallest absolute Gasteiger partial charge is 0.320 e. The van der Waals surface area contributed by atoms with Gasteiger partial charge in [-0.05, 0) is 44.9 Å². The summed E-state index contributed by atoms with van der Waals surface area (Å²) in [7, 11) is 0. The molecule has 1 aromatic carbocycles. The Bertz CT molecular complexity index is 403. The van der Waals surface area contributed by atoms with Gasteiger partial charge < -0.3 is 15.6 Å². The molecule has 0 saturated heterocycles. The van der Waals surface area contributed by atoms with Gasteiger partial charge >= 0.3 is 5.97 Å². The molecule has 1 rings (SSSR count). The molecule has 0 bridgehead atoms. The predicted octanol–water partition coefficient (Wildman–Crippen LogP) is 1.82. The number of nitrogens with two attached hydrogens (primary N) is 1. The molecule has 0 aromatic heterocycles. The summed E-state index contributed by atoms with van der Waals surface area (Å²) in [6, 6.07) is 6.22. The van der Waals surface area contributed by atoms with Crippen LogP contribution in [0.15, 0.2) is 24.3 Å². The highest BCUT2D eigenvalue weighted by atomic mass is 16.5. The Morgan fingerprint density at radius 1 is 1.53 bits per heavy atom. The third kappa shape index (κ3) is 4.87. The molecule has 0 aliphatic rings. The zero-order valence-corrected chi connectivity index (χ0v) is 10.1. The molecule has 0 saturated carbocycles. The van der Waals surface area contributed by atoms with Crippen LogP contribution in [0.5, 0.6) is 5.75 Å². The Balaban J connectivity index is 2.66. The monoisotopic (exact) mass is 238 g/mol. The first-order chi connectivity index (χ1) is 8.34. The summed E-state index contributed by atoms with van der Waals surface area (Å²) in [4.78, 5) is 10.6. The van der Waals surface area contributed by atoms with Crippen LogP contribution in [-0.4, -0.2) is 22.7 Å². The maximum absolute atomic E-state index is 10.6. The minimum absolute atomic E-state index is 0.165. The lowest BCUT2D eigenvalue weighted by atomic mass is 10.1. The highest BCUT2D eigenvalue weighted by Gasteiger charge is 2.13. The van der Waals surface area contributed by atoms with Crippen LogP contribution in [-0.2, 0) is 11.2 Å². The van der Waals surface area contributed by atoms with E-state index in [1.807, 2.05) is 13.8 Å². The summed E-state index contributed by atoms with van der Waals surface area (Å²) < 4.78 is 13.0. The van der Waals surface area contributed by atoms with E-state index < -0.39 is 17.6 Å². The van der Waals surface area contributed by atoms with Crippen molar-refractivity contribution in [1.29, 1.82) is 0 Å². The number of hydrogen-bond acceptors (Lipinski definition) is 3. The average Bonchev–Trinajstić information content (AvgIpc) is 2.31. The van der Waals surface area contributed by atoms with Crippen molar-refractivity contribution in [3.05, 3.63) is 29.8 Å². The van der Waals surface area contributed by atoms with Crippen LogP contribution in [0.1, 0.15) is 27.7 Å². The van der Waals surface area contributed by atoms with Gasteiger partial charge in [-0.3, -0.25) is 4.79 Å². The normalized spacial score (nSPS) is 13.9. The zero-order valence-electron chi connectivity index (χ0n) is 11.1. The molecule has 4 heteroatoms. The molecule has 94 valence electrons. The molecule has 0 aliphatic carbocycles. The Kier molecular flexibility index (Phi) is 3.64. The summed E-state index contributed by atoms with van der Waals surface area (Å²) in [5, 5.41) is 8.71. The van der Waals surface area contributed by atoms with Gasteiger partial charge in [0.05, 0.1) is 0 Å². The van der Waals surface area contributed by atoms with Crippen molar-refractivity contribution < 1.29 is 16.0 Å². The van der Waals surface area contributed by atoms with E-state index in [-0.39, 0.29) is 13.3 Å². The number of benzene rings is 1. The molecule has 0 aliphatic heterocycles. The Labute approximate surface area is 103 Å². The van der Waals surface area contributed by atoms with Gasteiger partial charge in [0.15, 0.2) is 0 Å². The quantitative estimate of drug-likeness (QED) is 0.839. The van der Waals surface area contributed by atoms with E-state index in [4.69, 9.17) is 16.9 Å². The number of carbonyl (C=O) groups is 1. The second kappa shape index (κ2) is 5.19. The summed E-state index contributed by atoms with van der Waals surface area (Å²) in [6.07, 6.45) is 0.289. The minimum atomic E-state index is -1.01. The third-order valence-corrected chi connectivity index (χ3v) is 2.09. The van der Waals surface area contributed by atoms with Gasteiger partial charge in [0.25, 0.3) is 0 Å². The van der Waals surface area contributed by atoms with Crippen LogP contribution in [0.2, 0.25) is 0 Å². The molecule has 0 spiro atoms. The summed E-state index contributed by atoms with van der Waals surface area (Å²) in [5.41, 5.74) is 5.77. The number of rotatable bonds is 4. The molecule has 0 radical (unpaired) electrons. The molecule has 3 N–H and O–H groups in total. The standard InChI is InChI=1S/C13H19NO3/c1-13(2,3)17-10-6-4-9(5-7-10)8-11(14)12(15)16/h4-7,11H,8,14H2,1-3H3,(H,15,16)/t11-/m0/s1/i1D. The van der Waals surface area contributed by atoms with Crippen molar-refractivity contribution in [3.63, 3.8) is 0 Å². The fourth-order valence-electron chi connectivity index (χ4n) is 1.35. The zero-order chi connectivity index (χ0) is 13.8. The molecule has 0 heterocycles. The number of ether oxygens (including phenoxy) is 1. The maximum Gasteiger partial charge on any atom is 0.320 e. The molecule has 0 fully saturated rings. The van der Waals surface area contributed by atoms with Crippen LogP contribution in [0.4, 0.5) is 0 Å². The van der Waals surface area contributed by atoms with Gasteiger partial charge in [-0.25, -0.2) is 0 Å². The van der Waals surface area contributed by atoms with Gasteiger partial charge in [-0.2, -0.15) is 0 Å². The molecule has 0 amide bonds. The lowest BCUT2D eigenvalue weighted by molar-refractivity contribution is -0.138. The SMILES string of the molecule is [2H]CC(C)(C)Oc1ccc(C[C@H](N)C(=O)O)cc1. The lowest BCUT2D eigenvalue weighted by Gasteiger charge is -2.21. The second-order valence-electron chi connectivity index (χ2n) is 4.65. The lowest BCUT2D eigenvalue weighted by Crippen LogP contribution is -2.32. The summed E-state index contributed by atoms with van der Waals surface area (Å²) in [5.74, 6) is -0.342. The van der Waals surface area contributed by atoms with E-state index in [2.05, 4.69) is 0 Å². The van der Waals surface area contributed by atoms with Crippen molar-refractivity contribution in [1.82, 2.24) is 0 Å². The Morgan fingerprint density at radius 2 is 2.12 bits per heavy atom. The first-order valence-electron chi connectivity index (χ1n) is 6.10. The van der Waals surface area contributed by atoms with E-state index in [1.54, 1.807) is 24.3 Å². The molecular weight excluding hydrogens is 218 g/mol. The highest BCUT2D eigenvalue weighted by Crippen LogP contribution is 2.18. The van der Waals surface area contributed by atoms with Crippen molar-refractivity contribution in [2.45, 2.75) is 38.8 Å². The van der Waals surface area contributed by atoms with Gasteiger partial charge in [0.1, 0.15) is 17.4 Å². The highest BCUT2D eigenvalue weighted by molar-refractivity contribution is 5.73. The van der Waals surface area contributed by atoms with Crippen LogP contribution in [0, 0.1) is 0 Å². The van der Waals surface area contributed by atoms with E-state index in [9.17, 15) is 4.79 Å². The number of aliphatic carboxylic acids is 1. The van der Waals surface area contributed by atoms with Gasteiger partial charge in [0, 0.05) is 1.37 Å². The minimum Gasteiger partial charge on any atom is -0.488 e. The largest absolute Gasteiger partial charge is 0.488 e. The molecule has 17 heavy (non-hydrogen) atoms. The molecule has 0 unspecified atom stereocenters. The van der Waals surface area contributed by atoms with Crippen molar-refractivity contribution in [2.75, 3.05) is 0 Å². The van der Waals surface area contributed by atoms with Crippen LogP contribution in [0.25, 0.3) is 0 Å². The average molecular weight is 238 g/mol. The second-order valence-corrected chi connectivity index (χ2v) is 4.65. The first-order valence-corrected chi connectivity index (χ1v) is 5.39. The van der Waals surface area contributed by atoms with E-state index in [1.165, 1.54) is 0 Å². The van der Waals surface area contributed by atoms with Gasteiger partial charge in [0.2, 0.25) is 0 Å².